The van der Waals surface area contributed by atoms with Gasteiger partial charge in [-0.25, -0.2) is 0 Å². The molecule has 0 spiro atoms. The average molecular weight is 535 g/mol. The van der Waals surface area contributed by atoms with Crippen LogP contribution in [0.5, 0.6) is 0 Å². The maximum absolute atomic E-state index is 14.0. The minimum Gasteiger partial charge on any atom is -0.370 e. The Kier molecular flexibility index (Phi) is 6.25. The number of aromatic amines is 1. The molecule has 2 aliphatic heterocycles. The Labute approximate surface area is 233 Å². The van der Waals surface area contributed by atoms with Crippen LogP contribution >= 0.6 is 0 Å². The van der Waals surface area contributed by atoms with Crippen molar-refractivity contribution in [3.05, 3.63) is 63.8 Å². The number of hydrogen-bond donors (Lipinski definition) is 1. The van der Waals surface area contributed by atoms with Crippen molar-refractivity contribution in [2.75, 3.05) is 31.1 Å². The molecule has 2 fully saturated rings. The van der Waals surface area contributed by atoms with Crippen LogP contribution in [0.3, 0.4) is 0 Å². The topological polar surface area (TPSA) is 63.1 Å². The third kappa shape index (κ3) is 4.50. The summed E-state index contributed by atoms with van der Waals surface area (Å²) in [7, 11) is -1.49. The number of carbonyl (C=O) groups is 1. The molecule has 2 saturated heterocycles. The number of carbonyl (C=O) groups excluding carboxylic acids is 1. The van der Waals surface area contributed by atoms with Crippen molar-refractivity contribution in [3.63, 3.8) is 0 Å². The number of nitrogens with zero attached hydrogens (tertiary/aromatic N) is 3. The van der Waals surface area contributed by atoms with E-state index in [1.54, 1.807) is 0 Å². The largest absolute Gasteiger partial charge is 0.370 e. The van der Waals surface area contributed by atoms with Gasteiger partial charge in [-0.1, -0.05) is 45.5 Å². The van der Waals surface area contributed by atoms with Crippen LogP contribution in [0, 0.1) is 22.8 Å². The van der Waals surface area contributed by atoms with Crippen molar-refractivity contribution < 1.29 is 4.79 Å². The zero-order valence-electron chi connectivity index (χ0n) is 23.9. The SMILES string of the molecule is CC1(C)c2cc(N3CCC(N4CCCC4)CC3)c(C#N)cc2C(=O)c2c1[nH]c1cc(C#C[Si](C)(C)C)ccc21. The van der Waals surface area contributed by atoms with Crippen LogP contribution in [-0.4, -0.2) is 56.0 Å². The number of H-pyrrole nitrogens is 1. The maximum atomic E-state index is 14.0. The number of rotatable bonds is 2. The van der Waals surface area contributed by atoms with Gasteiger partial charge >= 0.3 is 0 Å². The van der Waals surface area contributed by atoms with Gasteiger partial charge in [0.1, 0.15) is 14.1 Å². The van der Waals surface area contributed by atoms with E-state index in [4.69, 9.17) is 0 Å². The molecule has 0 bridgehead atoms. The molecular formula is C33H38N4OSi. The zero-order valence-corrected chi connectivity index (χ0v) is 24.9. The molecule has 6 heteroatoms. The standard InChI is InChI=1S/C33H38N4OSi/c1-33(2)27-20-29(37-15-10-24(11-16-37)36-13-6-7-14-36)23(21-34)19-26(27)31(38)30-25-9-8-22(12-17-39(3,4)5)18-28(25)35-32(30)33/h8-9,18-20,24,35H,6-7,10-11,13-16H2,1-5H3. The van der Waals surface area contributed by atoms with E-state index in [1.165, 1.54) is 25.9 Å². The molecule has 1 aromatic heterocycles. The van der Waals surface area contributed by atoms with Gasteiger partial charge < -0.3 is 14.8 Å². The van der Waals surface area contributed by atoms with Crippen LogP contribution in [0.1, 0.15) is 77.8 Å². The Morgan fingerprint density at radius 1 is 1.03 bits per heavy atom. The van der Waals surface area contributed by atoms with Crippen LogP contribution < -0.4 is 4.90 Å². The lowest BCUT2D eigenvalue weighted by molar-refractivity contribution is 0.103. The van der Waals surface area contributed by atoms with Gasteiger partial charge in [-0.3, -0.25) is 4.79 Å². The van der Waals surface area contributed by atoms with Gasteiger partial charge in [0, 0.05) is 52.3 Å². The summed E-state index contributed by atoms with van der Waals surface area (Å²) >= 11 is 0. The predicted molar refractivity (Wildman–Crippen MR) is 161 cm³/mol. The van der Waals surface area contributed by atoms with Crippen LogP contribution in [0.4, 0.5) is 5.69 Å². The second kappa shape index (κ2) is 9.40. The van der Waals surface area contributed by atoms with E-state index in [0.717, 1.165) is 64.9 Å². The van der Waals surface area contributed by atoms with Crippen molar-refractivity contribution in [1.82, 2.24) is 9.88 Å². The number of piperidine rings is 1. The second-order valence-electron chi connectivity index (χ2n) is 13.1. The van der Waals surface area contributed by atoms with Gasteiger partial charge in [-0.05, 0) is 68.6 Å². The molecule has 1 N–H and O–H groups in total. The highest BCUT2D eigenvalue weighted by Gasteiger charge is 2.41. The first-order chi connectivity index (χ1) is 18.6. The smallest absolute Gasteiger partial charge is 0.195 e. The van der Waals surface area contributed by atoms with Crippen molar-refractivity contribution in [2.45, 2.75) is 70.6 Å². The van der Waals surface area contributed by atoms with E-state index in [-0.39, 0.29) is 5.78 Å². The van der Waals surface area contributed by atoms with E-state index in [1.807, 2.05) is 18.2 Å². The second-order valence-corrected chi connectivity index (χ2v) is 17.8. The van der Waals surface area contributed by atoms with E-state index in [2.05, 4.69) is 77.9 Å². The predicted octanol–water partition coefficient (Wildman–Crippen LogP) is 6.20. The molecule has 0 atom stereocenters. The molecule has 3 aliphatic rings. The molecular weight excluding hydrogens is 496 g/mol. The first-order valence-corrected chi connectivity index (χ1v) is 17.9. The number of hydrogen-bond acceptors (Lipinski definition) is 4. The summed E-state index contributed by atoms with van der Waals surface area (Å²) < 4.78 is 0. The maximum Gasteiger partial charge on any atom is 0.195 e. The first-order valence-electron chi connectivity index (χ1n) is 14.4. The normalized spacial score (nSPS) is 19.4. The summed E-state index contributed by atoms with van der Waals surface area (Å²) in [5.41, 5.74) is 9.87. The molecule has 0 unspecified atom stereocenters. The fourth-order valence-corrected chi connectivity index (χ4v) is 7.25. The molecule has 6 rings (SSSR count). The number of nitriles is 1. The van der Waals surface area contributed by atoms with Gasteiger partial charge in [0.05, 0.1) is 16.8 Å². The molecule has 5 nitrogen and oxygen atoms in total. The van der Waals surface area contributed by atoms with E-state index < -0.39 is 13.5 Å². The molecule has 39 heavy (non-hydrogen) atoms. The summed E-state index contributed by atoms with van der Waals surface area (Å²) in [5, 5.41) is 11.1. The summed E-state index contributed by atoms with van der Waals surface area (Å²) in [6.07, 6.45) is 4.88. The quantitative estimate of drug-likeness (QED) is 0.314. The number of fused-ring (bicyclic) bond motifs is 4. The molecule has 3 heterocycles. The zero-order chi connectivity index (χ0) is 27.5. The number of benzene rings is 2. The molecule has 0 saturated carbocycles. The van der Waals surface area contributed by atoms with Gasteiger partial charge in [0.2, 0.25) is 0 Å². The minimum absolute atomic E-state index is 0.00213. The number of anilines is 1. The monoisotopic (exact) mass is 534 g/mol. The molecule has 3 aromatic rings. The average Bonchev–Trinajstić information content (AvgIpc) is 3.59. The minimum atomic E-state index is -1.49. The highest BCUT2D eigenvalue weighted by molar-refractivity contribution is 6.83. The van der Waals surface area contributed by atoms with Crippen molar-refractivity contribution in [2.24, 2.45) is 0 Å². The van der Waals surface area contributed by atoms with Crippen molar-refractivity contribution in [3.8, 4) is 17.5 Å². The molecule has 0 amide bonds. The lowest BCUT2D eigenvalue weighted by Gasteiger charge is -2.39. The molecule has 1 aliphatic carbocycles. The summed E-state index contributed by atoms with van der Waals surface area (Å²) in [5.74, 6) is 3.35. The molecule has 200 valence electrons. The number of ketones is 1. The van der Waals surface area contributed by atoms with E-state index in [9.17, 15) is 10.1 Å². The molecule has 2 aromatic carbocycles. The number of likely N-dealkylation sites (tertiary alicyclic amines) is 1. The third-order valence-corrected chi connectivity index (χ3v) is 9.74. The highest BCUT2D eigenvalue weighted by Crippen LogP contribution is 2.46. The Morgan fingerprint density at radius 3 is 2.41 bits per heavy atom. The van der Waals surface area contributed by atoms with Crippen molar-refractivity contribution in [1.29, 1.82) is 5.26 Å². The lowest BCUT2D eigenvalue weighted by Crippen LogP contribution is -2.44. The summed E-state index contributed by atoms with van der Waals surface area (Å²) in [6.45, 7) is 15.4. The lowest BCUT2D eigenvalue weighted by atomic mass is 9.70. The van der Waals surface area contributed by atoms with Crippen LogP contribution in [0.15, 0.2) is 30.3 Å². The van der Waals surface area contributed by atoms with Gasteiger partial charge in [-0.15, -0.1) is 5.54 Å². The third-order valence-electron chi connectivity index (χ3n) is 8.87. The van der Waals surface area contributed by atoms with Gasteiger partial charge in [0.25, 0.3) is 0 Å². The van der Waals surface area contributed by atoms with Gasteiger partial charge in [-0.2, -0.15) is 5.26 Å². The van der Waals surface area contributed by atoms with Crippen LogP contribution in [0.2, 0.25) is 19.6 Å². The Balaban J connectivity index is 1.38. The summed E-state index contributed by atoms with van der Waals surface area (Å²) in [6, 6.07) is 13.2. The highest BCUT2D eigenvalue weighted by atomic mass is 28.3. The Hall–Kier alpha value is -3.32. The Bertz CT molecular complexity index is 1580. The molecule has 0 radical (unpaired) electrons. The fraction of sp³-hybridized carbons (Fsp3) is 0.455. The fourth-order valence-electron chi connectivity index (χ4n) is 6.73. The van der Waals surface area contributed by atoms with Crippen LogP contribution in [-0.2, 0) is 5.41 Å². The van der Waals surface area contributed by atoms with Crippen molar-refractivity contribution >= 4 is 30.4 Å². The van der Waals surface area contributed by atoms with Crippen LogP contribution in [0.25, 0.3) is 10.9 Å². The number of aromatic nitrogens is 1. The first kappa shape index (κ1) is 25.9. The van der Waals surface area contributed by atoms with E-state index in [0.29, 0.717) is 17.2 Å². The summed E-state index contributed by atoms with van der Waals surface area (Å²) in [4.78, 5) is 22.6. The van der Waals surface area contributed by atoms with E-state index >= 15 is 0 Å². The number of nitrogens with one attached hydrogen (secondary N) is 1. The Morgan fingerprint density at radius 2 is 1.74 bits per heavy atom. The van der Waals surface area contributed by atoms with Gasteiger partial charge in [0.15, 0.2) is 5.78 Å².